The van der Waals surface area contributed by atoms with E-state index in [-0.39, 0.29) is 23.0 Å². The zero-order valence-corrected chi connectivity index (χ0v) is 7.92. The summed E-state index contributed by atoms with van der Waals surface area (Å²) < 4.78 is 0. The van der Waals surface area contributed by atoms with E-state index in [1.54, 1.807) is 6.92 Å². The summed E-state index contributed by atoms with van der Waals surface area (Å²) in [5, 5.41) is 9.97. The molecule has 3 aliphatic carbocycles. The number of rotatable bonds is 0. The first kappa shape index (κ1) is 8.24. The number of carbonyl (C=O) groups is 1. The summed E-state index contributed by atoms with van der Waals surface area (Å²) in [6, 6.07) is 0. The highest BCUT2D eigenvalue weighted by Gasteiger charge is 2.65. The maximum atomic E-state index is 11.5. The monoisotopic (exact) mass is 168 g/mol. The van der Waals surface area contributed by atoms with E-state index in [2.05, 4.69) is 13.8 Å². The SMILES string of the molecule is CC1(C)[C@H]2C(=O)[C@@H]1CC[C@]2(C)O. The quantitative estimate of drug-likeness (QED) is 0.593. The third kappa shape index (κ3) is 0.717. The van der Waals surface area contributed by atoms with Gasteiger partial charge in [-0.3, -0.25) is 4.79 Å². The summed E-state index contributed by atoms with van der Waals surface area (Å²) in [6.07, 6.45) is 1.66. The van der Waals surface area contributed by atoms with Crippen LogP contribution in [0.5, 0.6) is 0 Å². The smallest absolute Gasteiger partial charge is 0.143 e. The standard InChI is InChI=1S/C10H16O2/c1-9(2)6-4-5-10(3,12)8(9)7(6)11/h6,8,12H,4-5H2,1-3H3/t6-,8+,10-/m0/s1. The number of carbonyl (C=O) groups excluding carboxylic acids is 1. The van der Waals surface area contributed by atoms with Crippen molar-refractivity contribution in [3.63, 3.8) is 0 Å². The van der Waals surface area contributed by atoms with Crippen molar-refractivity contribution in [2.75, 3.05) is 0 Å². The lowest BCUT2D eigenvalue weighted by Gasteiger charge is -2.60. The van der Waals surface area contributed by atoms with Gasteiger partial charge in [-0.25, -0.2) is 0 Å². The molecule has 0 amide bonds. The molecule has 12 heavy (non-hydrogen) atoms. The van der Waals surface area contributed by atoms with Crippen LogP contribution >= 0.6 is 0 Å². The van der Waals surface area contributed by atoms with Gasteiger partial charge in [0.1, 0.15) is 5.78 Å². The van der Waals surface area contributed by atoms with Gasteiger partial charge < -0.3 is 5.11 Å². The minimum Gasteiger partial charge on any atom is -0.389 e. The molecule has 2 nitrogen and oxygen atoms in total. The minimum absolute atomic E-state index is 0.0405. The lowest BCUT2D eigenvalue weighted by Crippen LogP contribution is -2.67. The van der Waals surface area contributed by atoms with Crippen molar-refractivity contribution < 1.29 is 9.90 Å². The molecule has 3 fully saturated rings. The Hall–Kier alpha value is -0.370. The summed E-state index contributed by atoms with van der Waals surface area (Å²) in [6.45, 7) is 5.99. The highest BCUT2D eigenvalue weighted by Crippen LogP contribution is 2.59. The Kier molecular flexibility index (Phi) is 1.32. The highest BCUT2D eigenvalue weighted by atomic mass is 16.3. The topological polar surface area (TPSA) is 37.3 Å². The van der Waals surface area contributed by atoms with Crippen LogP contribution in [0.4, 0.5) is 0 Å². The molecule has 3 saturated carbocycles. The molecule has 0 saturated heterocycles. The van der Waals surface area contributed by atoms with E-state index in [4.69, 9.17) is 0 Å². The Morgan fingerprint density at radius 2 is 2.00 bits per heavy atom. The van der Waals surface area contributed by atoms with Crippen LogP contribution in [0.2, 0.25) is 0 Å². The van der Waals surface area contributed by atoms with E-state index in [0.717, 1.165) is 12.8 Å². The molecule has 0 heterocycles. The first-order chi connectivity index (χ1) is 5.37. The van der Waals surface area contributed by atoms with Crippen LogP contribution in [0.15, 0.2) is 0 Å². The fourth-order valence-corrected chi connectivity index (χ4v) is 3.24. The second kappa shape index (κ2) is 1.92. The highest BCUT2D eigenvalue weighted by molar-refractivity contribution is 5.93. The van der Waals surface area contributed by atoms with E-state index in [1.165, 1.54) is 0 Å². The Balaban J connectivity index is 2.36. The van der Waals surface area contributed by atoms with Gasteiger partial charge in [0, 0.05) is 5.92 Å². The van der Waals surface area contributed by atoms with E-state index >= 15 is 0 Å². The molecule has 1 N–H and O–H groups in total. The number of fused-ring (bicyclic) bond motifs is 2. The number of Topliss-reactive ketones (excluding diaryl/α,β-unsaturated/α-hetero) is 1. The largest absolute Gasteiger partial charge is 0.389 e. The van der Waals surface area contributed by atoms with E-state index < -0.39 is 5.60 Å². The van der Waals surface area contributed by atoms with Crippen molar-refractivity contribution in [2.24, 2.45) is 17.3 Å². The van der Waals surface area contributed by atoms with Gasteiger partial charge in [-0.2, -0.15) is 0 Å². The predicted molar refractivity (Wildman–Crippen MR) is 45.6 cm³/mol. The van der Waals surface area contributed by atoms with Crippen molar-refractivity contribution in [1.29, 1.82) is 0 Å². The van der Waals surface area contributed by atoms with Gasteiger partial charge in [-0.15, -0.1) is 0 Å². The van der Waals surface area contributed by atoms with Gasteiger partial charge in [0.15, 0.2) is 0 Å². The molecular formula is C10H16O2. The lowest BCUT2D eigenvalue weighted by atomic mass is 9.43. The second-order valence-corrected chi connectivity index (χ2v) is 5.11. The van der Waals surface area contributed by atoms with Crippen molar-refractivity contribution in [3.05, 3.63) is 0 Å². The van der Waals surface area contributed by atoms with Gasteiger partial charge in [-0.1, -0.05) is 13.8 Å². The molecule has 0 spiro atoms. The number of aliphatic hydroxyl groups is 1. The van der Waals surface area contributed by atoms with E-state index in [9.17, 15) is 9.90 Å². The van der Waals surface area contributed by atoms with Crippen LogP contribution in [-0.4, -0.2) is 16.5 Å². The van der Waals surface area contributed by atoms with Gasteiger partial charge in [0.05, 0.1) is 11.5 Å². The Morgan fingerprint density at radius 1 is 1.42 bits per heavy atom. The van der Waals surface area contributed by atoms with Gasteiger partial charge in [0.2, 0.25) is 0 Å². The van der Waals surface area contributed by atoms with Crippen LogP contribution in [-0.2, 0) is 4.79 Å². The third-order valence-corrected chi connectivity index (χ3v) is 3.83. The molecule has 2 heteroatoms. The van der Waals surface area contributed by atoms with Crippen molar-refractivity contribution in [3.8, 4) is 0 Å². The average molecular weight is 168 g/mol. The fourth-order valence-electron chi connectivity index (χ4n) is 3.24. The zero-order valence-electron chi connectivity index (χ0n) is 7.92. The molecule has 0 aromatic carbocycles. The maximum absolute atomic E-state index is 11.5. The number of ketones is 1. The molecule has 0 aliphatic heterocycles. The first-order valence-electron chi connectivity index (χ1n) is 4.63. The third-order valence-electron chi connectivity index (χ3n) is 3.83. The predicted octanol–water partition coefficient (Wildman–Crippen LogP) is 1.37. The minimum atomic E-state index is -0.741. The van der Waals surface area contributed by atoms with Gasteiger partial charge >= 0.3 is 0 Å². The molecule has 0 aromatic rings. The van der Waals surface area contributed by atoms with Crippen LogP contribution in [0, 0.1) is 17.3 Å². The second-order valence-electron chi connectivity index (χ2n) is 5.11. The fraction of sp³-hybridized carbons (Fsp3) is 0.900. The van der Waals surface area contributed by atoms with Gasteiger partial charge in [-0.05, 0) is 25.2 Å². The molecule has 3 aliphatic rings. The average Bonchev–Trinajstić information content (AvgIpc) is 1.82. The summed E-state index contributed by atoms with van der Waals surface area (Å²) in [4.78, 5) is 11.5. The normalized spacial score (nSPS) is 50.2. The molecule has 0 radical (unpaired) electrons. The summed E-state index contributed by atoms with van der Waals surface area (Å²) in [5.41, 5.74) is -0.700. The molecule has 68 valence electrons. The zero-order chi connectivity index (χ0) is 9.15. The summed E-state index contributed by atoms with van der Waals surface area (Å²) >= 11 is 0. The Bertz CT molecular complexity index is 232. The van der Waals surface area contributed by atoms with Crippen LogP contribution in [0.1, 0.15) is 33.6 Å². The molecule has 0 unspecified atom stereocenters. The van der Waals surface area contributed by atoms with Crippen molar-refractivity contribution >= 4 is 5.78 Å². The first-order valence-corrected chi connectivity index (χ1v) is 4.63. The lowest BCUT2D eigenvalue weighted by molar-refractivity contribution is -0.195. The van der Waals surface area contributed by atoms with E-state index in [0.29, 0.717) is 0 Å². The van der Waals surface area contributed by atoms with Crippen molar-refractivity contribution in [1.82, 2.24) is 0 Å². The van der Waals surface area contributed by atoms with Crippen LogP contribution < -0.4 is 0 Å². The molecule has 3 rings (SSSR count). The van der Waals surface area contributed by atoms with E-state index in [1.807, 2.05) is 0 Å². The summed E-state index contributed by atoms with van der Waals surface area (Å²) in [5.74, 6) is 0.405. The molecule has 3 atom stereocenters. The van der Waals surface area contributed by atoms with Crippen LogP contribution in [0.25, 0.3) is 0 Å². The van der Waals surface area contributed by atoms with Crippen molar-refractivity contribution in [2.45, 2.75) is 39.2 Å². The maximum Gasteiger partial charge on any atom is 0.143 e. The molecule has 2 bridgehead atoms. The molecular weight excluding hydrogens is 152 g/mol. The summed E-state index contributed by atoms with van der Waals surface area (Å²) in [7, 11) is 0. The molecule has 0 aromatic heterocycles. The van der Waals surface area contributed by atoms with Gasteiger partial charge in [0.25, 0.3) is 0 Å². The number of hydrogen-bond donors (Lipinski definition) is 1. The Morgan fingerprint density at radius 3 is 2.25 bits per heavy atom. The van der Waals surface area contributed by atoms with Crippen LogP contribution in [0.3, 0.4) is 0 Å². The number of hydrogen-bond acceptors (Lipinski definition) is 2. The Labute approximate surface area is 73.0 Å².